The van der Waals surface area contributed by atoms with Gasteiger partial charge in [0.25, 0.3) is 5.91 Å². The third kappa shape index (κ3) is 6.46. The van der Waals surface area contributed by atoms with E-state index in [2.05, 4.69) is 0 Å². The van der Waals surface area contributed by atoms with E-state index in [1.807, 2.05) is 30.3 Å². The van der Waals surface area contributed by atoms with Gasteiger partial charge in [-0.25, -0.2) is 0 Å². The summed E-state index contributed by atoms with van der Waals surface area (Å²) in [4.78, 5) is 26.2. The number of nitrogens with zero attached hydrogens (tertiary/aromatic N) is 1. The number of thioether (sulfide) groups is 1. The minimum Gasteiger partial charge on any atom is -0.489 e. The lowest BCUT2D eigenvalue weighted by Gasteiger charge is -2.13. The molecule has 2 aromatic rings. The van der Waals surface area contributed by atoms with Crippen LogP contribution in [0.5, 0.6) is 5.75 Å². The van der Waals surface area contributed by atoms with Gasteiger partial charge >= 0.3 is 5.97 Å². The molecule has 0 radical (unpaired) electrons. The molecule has 0 unspecified atom stereocenters. The molecule has 2 aromatic carbocycles. The zero-order valence-electron chi connectivity index (χ0n) is 16.6. The predicted molar refractivity (Wildman–Crippen MR) is 128 cm³/mol. The Morgan fingerprint density at radius 2 is 2.03 bits per heavy atom. The molecule has 1 heterocycles. The second-order valence-corrected chi connectivity index (χ2v) is 9.00. The highest BCUT2D eigenvalue weighted by Gasteiger charge is 2.32. The molecule has 1 saturated heterocycles. The summed E-state index contributed by atoms with van der Waals surface area (Å²) in [5.74, 6) is 0.0577. The summed E-state index contributed by atoms with van der Waals surface area (Å²) < 4.78 is 11.2. The van der Waals surface area contributed by atoms with Crippen molar-refractivity contribution in [2.24, 2.45) is 0 Å². The van der Waals surface area contributed by atoms with Gasteiger partial charge in [0.05, 0.1) is 17.9 Å². The molecule has 0 N–H and O–H groups in total. The first-order chi connectivity index (χ1) is 14.9. The van der Waals surface area contributed by atoms with Gasteiger partial charge in [-0.1, -0.05) is 65.4 Å². The molecule has 1 fully saturated rings. The van der Waals surface area contributed by atoms with Crippen LogP contribution in [0.1, 0.15) is 24.5 Å². The van der Waals surface area contributed by atoms with Gasteiger partial charge in [0.2, 0.25) is 0 Å². The van der Waals surface area contributed by atoms with Crippen LogP contribution in [-0.4, -0.2) is 34.2 Å². The summed E-state index contributed by atoms with van der Waals surface area (Å²) in [6, 6.07) is 12.6. The molecule has 1 amide bonds. The highest BCUT2D eigenvalue weighted by molar-refractivity contribution is 8.26. The zero-order chi connectivity index (χ0) is 22.4. The summed E-state index contributed by atoms with van der Waals surface area (Å²) in [6.07, 6.45) is 1.86. The minimum absolute atomic E-state index is 0.101. The second kappa shape index (κ2) is 11.0. The van der Waals surface area contributed by atoms with Gasteiger partial charge in [-0.2, -0.15) is 0 Å². The van der Waals surface area contributed by atoms with Crippen LogP contribution in [0.3, 0.4) is 0 Å². The Balaban J connectivity index is 1.66. The molecule has 9 heteroatoms. The van der Waals surface area contributed by atoms with Crippen molar-refractivity contribution in [1.29, 1.82) is 0 Å². The molecule has 1 aliphatic rings. The lowest BCUT2D eigenvalue weighted by atomic mass is 10.2. The molecule has 0 spiro atoms. The van der Waals surface area contributed by atoms with Crippen LogP contribution in [0.25, 0.3) is 6.08 Å². The molecule has 0 atom stereocenters. The number of hydrogen-bond donors (Lipinski definition) is 0. The van der Waals surface area contributed by atoms with Crippen molar-refractivity contribution in [3.05, 3.63) is 68.5 Å². The van der Waals surface area contributed by atoms with Crippen molar-refractivity contribution >= 4 is 69.5 Å². The monoisotopic (exact) mass is 495 g/mol. The van der Waals surface area contributed by atoms with Crippen molar-refractivity contribution in [1.82, 2.24) is 4.90 Å². The number of benzene rings is 2. The van der Waals surface area contributed by atoms with Crippen molar-refractivity contribution in [3.63, 3.8) is 0 Å². The van der Waals surface area contributed by atoms with Gasteiger partial charge in [0.15, 0.2) is 0 Å². The summed E-state index contributed by atoms with van der Waals surface area (Å²) in [6.45, 7) is 2.53. The fraction of sp³-hybridized carbons (Fsp3) is 0.227. The molecule has 162 valence electrons. The Morgan fingerprint density at radius 3 is 2.77 bits per heavy atom. The van der Waals surface area contributed by atoms with E-state index in [9.17, 15) is 9.59 Å². The van der Waals surface area contributed by atoms with Gasteiger partial charge < -0.3 is 9.47 Å². The van der Waals surface area contributed by atoms with Crippen LogP contribution in [0.4, 0.5) is 0 Å². The summed E-state index contributed by atoms with van der Waals surface area (Å²) in [7, 11) is 0. The first-order valence-electron chi connectivity index (χ1n) is 9.45. The number of rotatable bonds is 8. The number of thiocarbonyl (C=S) groups is 1. The SMILES string of the molecule is CCOC(=O)CCN1C(=O)/C(=C\c2cccc(OCc3ccc(Cl)cc3Cl)c2)SC1=S. The first-order valence-corrected chi connectivity index (χ1v) is 11.4. The number of carbonyl (C=O) groups excluding carboxylic acids is 2. The predicted octanol–water partition coefficient (Wildman–Crippen LogP) is 5.73. The number of esters is 1. The maximum Gasteiger partial charge on any atom is 0.307 e. The fourth-order valence-corrected chi connectivity index (χ4v) is 4.55. The minimum atomic E-state index is -0.355. The fourth-order valence-electron chi connectivity index (χ4n) is 2.77. The average molecular weight is 496 g/mol. The van der Waals surface area contributed by atoms with E-state index >= 15 is 0 Å². The van der Waals surface area contributed by atoms with E-state index in [4.69, 9.17) is 44.9 Å². The number of amides is 1. The van der Waals surface area contributed by atoms with Crippen molar-refractivity contribution < 1.29 is 19.1 Å². The average Bonchev–Trinajstić information content (AvgIpc) is 2.99. The Labute approximate surface area is 200 Å². The Morgan fingerprint density at radius 1 is 1.23 bits per heavy atom. The number of halogens is 2. The molecular formula is C22H19Cl2NO4S2. The Bertz CT molecular complexity index is 1040. The highest BCUT2D eigenvalue weighted by atomic mass is 35.5. The molecule has 0 bridgehead atoms. The Hall–Kier alpha value is -2.06. The van der Waals surface area contributed by atoms with Crippen LogP contribution in [0.2, 0.25) is 10.0 Å². The normalized spacial score (nSPS) is 14.9. The van der Waals surface area contributed by atoms with Gasteiger partial charge in [0, 0.05) is 22.2 Å². The molecule has 5 nitrogen and oxygen atoms in total. The van der Waals surface area contributed by atoms with E-state index in [0.29, 0.717) is 31.6 Å². The number of hydrogen-bond acceptors (Lipinski definition) is 6. The molecular weight excluding hydrogens is 477 g/mol. The van der Waals surface area contributed by atoms with Crippen molar-refractivity contribution in [2.75, 3.05) is 13.2 Å². The van der Waals surface area contributed by atoms with E-state index in [1.54, 1.807) is 25.1 Å². The lowest BCUT2D eigenvalue weighted by molar-refractivity contribution is -0.143. The van der Waals surface area contributed by atoms with Gasteiger partial charge in [-0.15, -0.1) is 0 Å². The zero-order valence-corrected chi connectivity index (χ0v) is 19.7. The van der Waals surface area contributed by atoms with Crippen molar-refractivity contribution in [3.8, 4) is 5.75 Å². The maximum absolute atomic E-state index is 12.7. The van der Waals surface area contributed by atoms with Crippen molar-refractivity contribution in [2.45, 2.75) is 20.0 Å². The van der Waals surface area contributed by atoms with Gasteiger partial charge in [-0.05, 0) is 42.8 Å². The topological polar surface area (TPSA) is 55.8 Å². The number of ether oxygens (including phenoxy) is 2. The van der Waals surface area contributed by atoms with E-state index in [-0.39, 0.29) is 31.4 Å². The van der Waals surface area contributed by atoms with Crippen LogP contribution in [0.15, 0.2) is 47.4 Å². The molecule has 3 rings (SSSR count). The summed E-state index contributed by atoms with van der Waals surface area (Å²) >= 11 is 18.6. The first kappa shape index (κ1) is 23.6. The maximum atomic E-state index is 12.7. The van der Waals surface area contributed by atoms with Crippen LogP contribution >= 0.6 is 47.2 Å². The van der Waals surface area contributed by atoms with E-state index in [1.165, 1.54) is 16.7 Å². The molecule has 0 aromatic heterocycles. The largest absolute Gasteiger partial charge is 0.489 e. The second-order valence-electron chi connectivity index (χ2n) is 6.49. The molecule has 31 heavy (non-hydrogen) atoms. The molecule has 0 aliphatic carbocycles. The number of carbonyl (C=O) groups is 2. The van der Waals surface area contributed by atoms with Crippen LogP contribution in [0, 0.1) is 0 Å². The van der Waals surface area contributed by atoms with Crippen LogP contribution in [-0.2, 0) is 20.9 Å². The molecule has 1 aliphatic heterocycles. The van der Waals surface area contributed by atoms with E-state index in [0.717, 1.165) is 11.1 Å². The standard InChI is InChI=1S/C22H19Cl2NO4S2/c1-2-28-20(26)8-9-25-21(27)19(31-22(25)30)11-14-4-3-5-17(10-14)29-13-15-6-7-16(23)12-18(15)24/h3-7,10-12H,2,8-9,13H2,1H3/b19-11+. The smallest absolute Gasteiger partial charge is 0.307 e. The quantitative estimate of drug-likeness (QED) is 0.265. The Kier molecular flexibility index (Phi) is 8.37. The lowest BCUT2D eigenvalue weighted by Crippen LogP contribution is -2.30. The van der Waals surface area contributed by atoms with E-state index < -0.39 is 0 Å². The summed E-state index contributed by atoms with van der Waals surface area (Å²) in [5.41, 5.74) is 1.62. The van der Waals surface area contributed by atoms with Gasteiger partial charge in [-0.3, -0.25) is 14.5 Å². The van der Waals surface area contributed by atoms with Gasteiger partial charge in [0.1, 0.15) is 16.7 Å². The third-order valence-electron chi connectivity index (χ3n) is 4.28. The molecule has 0 saturated carbocycles. The summed E-state index contributed by atoms with van der Waals surface area (Å²) in [5, 5.41) is 1.10. The van der Waals surface area contributed by atoms with Crippen LogP contribution < -0.4 is 4.74 Å². The highest BCUT2D eigenvalue weighted by Crippen LogP contribution is 2.33. The third-order valence-corrected chi connectivity index (χ3v) is 6.25.